The van der Waals surface area contributed by atoms with Gasteiger partial charge in [-0.2, -0.15) is 0 Å². The highest BCUT2D eigenvalue weighted by Crippen LogP contribution is 2.35. The second-order valence-electron chi connectivity index (χ2n) is 8.43. The summed E-state index contributed by atoms with van der Waals surface area (Å²) in [7, 11) is 3.99. The molecule has 0 spiro atoms. The van der Waals surface area contributed by atoms with Gasteiger partial charge in [0, 0.05) is 44.1 Å². The molecule has 0 fully saturated rings. The molecule has 0 saturated heterocycles. The van der Waals surface area contributed by atoms with Gasteiger partial charge in [-0.05, 0) is 34.0 Å². The number of pyridine rings is 2. The Kier molecular flexibility index (Phi) is 5.64. The monoisotopic (exact) mass is 474 g/mol. The minimum absolute atomic E-state index is 0.0721. The number of hydrogen-bond acceptors (Lipinski definition) is 5. The van der Waals surface area contributed by atoms with Gasteiger partial charge in [-0.15, -0.1) is 0 Å². The van der Waals surface area contributed by atoms with Gasteiger partial charge >= 0.3 is 0 Å². The van der Waals surface area contributed by atoms with Gasteiger partial charge in [0.1, 0.15) is 12.0 Å². The third-order valence-corrected chi connectivity index (χ3v) is 6.59. The summed E-state index contributed by atoms with van der Waals surface area (Å²) < 4.78 is 1.76. The quantitative estimate of drug-likeness (QED) is 0.390. The molecule has 3 heterocycles. The number of nitrogens with one attached hydrogen (secondary N) is 1. The molecular weight excluding hydrogens is 452 g/mol. The summed E-state index contributed by atoms with van der Waals surface area (Å²) in [6.07, 6.45) is 2.49. The lowest BCUT2D eigenvalue weighted by Gasteiger charge is -2.24. The van der Waals surface area contributed by atoms with Crippen LogP contribution in [-0.2, 0) is 6.42 Å². The molecule has 5 nitrogen and oxygen atoms in total. The third kappa shape index (κ3) is 4.01. The maximum absolute atomic E-state index is 13.4. The molecule has 0 radical (unpaired) electrons. The van der Waals surface area contributed by atoms with Crippen molar-refractivity contribution in [2.75, 3.05) is 24.3 Å². The Morgan fingerprint density at radius 2 is 1.91 bits per heavy atom. The number of thiocarbonyl (C=S) groups is 1. The van der Waals surface area contributed by atoms with Crippen molar-refractivity contribution in [1.82, 2.24) is 9.55 Å². The summed E-state index contributed by atoms with van der Waals surface area (Å²) in [4.78, 5) is 20.5. The summed E-state index contributed by atoms with van der Waals surface area (Å²) in [5.74, 6) is 0.651. The van der Waals surface area contributed by atoms with Gasteiger partial charge in [0.05, 0.1) is 16.4 Å². The van der Waals surface area contributed by atoms with Crippen LogP contribution in [0.2, 0.25) is 5.02 Å². The van der Waals surface area contributed by atoms with Crippen LogP contribution < -0.4 is 15.8 Å². The molecule has 1 atom stereocenters. The number of nitrogens with zero attached hydrogens (tertiary/aromatic N) is 3. The molecule has 5 rings (SSSR count). The normalized spacial score (nSPS) is 15.0. The van der Waals surface area contributed by atoms with Crippen molar-refractivity contribution < 1.29 is 0 Å². The van der Waals surface area contributed by atoms with Crippen LogP contribution >= 0.6 is 23.8 Å². The number of aromatic nitrogens is 2. The molecule has 33 heavy (non-hydrogen) atoms. The molecular formula is C26H23ClN4OS. The number of halogens is 1. The largest absolute Gasteiger partial charge is 0.376 e. The van der Waals surface area contributed by atoms with Crippen molar-refractivity contribution in [3.8, 4) is 0 Å². The van der Waals surface area contributed by atoms with Crippen molar-refractivity contribution in [2.45, 2.75) is 19.0 Å². The highest BCUT2D eigenvalue weighted by atomic mass is 35.5. The molecule has 1 aliphatic heterocycles. The number of hydrogen-bond donors (Lipinski definition) is 1. The Labute approximate surface area is 202 Å². The van der Waals surface area contributed by atoms with Gasteiger partial charge in [-0.1, -0.05) is 66.3 Å². The fourth-order valence-electron chi connectivity index (χ4n) is 4.64. The lowest BCUT2D eigenvalue weighted by molar-refractivity contribution is 0.589. The molecule has 0 aliphatic carbocycles. The summed E-state index contributed by atoms with van der Waals surface area (Å²) in [5.41, 5.74) is 3.88. The van der Waals surface area contributed by atoms with Crippen molar-refractivity contribution in [3.05, 3.63) is 99.1 Å². The highest BCUT2D eigenvalue weighted by Gasteiger charge is 2.32. The van der Waals surface area contributed by atoms with Gasteiger partial charge in [0.2, 0.25) is 0 Å². The van der Waals surface area contributed by atoms with E-state index >= 15 is 0 Å². The van der Waals surface area contributed by atoms with Gasteiger partial charge in [0.25, 0.3) is 5.56 Å². The molecule has 2 aromatic heterocycles. The zero-order valence-electron chi connectivity index (χ0n) is 18.4. The molecule has 2 aromatic carbocycles. The van der Waals surface area contributed by atoms with E-state index in [1.807, 2.05) is 26.2 Å². The minimum atomic E-state index is -0.293. The Morgan fingerprint density at radius 1 is 1.12 bits per heavy atom. The zero-order chi connectivity index (χ0) is 23.1. The van der Waals surface area contributed by atoms with Crippen molar-refractivity contribution in [3.63, 3.8) is 0 Å². The molecule has 0 saturated carbocycles. The average Bonchev–Trinajstić information content (AvgIpc) is 3.11. The number of rotatable bonds is 5. The van der Waals surface area contributed by atoms with Crippen LogP contribution in [-0.4, -0.2) is 28.5 Å². The van der Waals surface area contributed by atoms with Gasteiger partial charge < -0.3 is 10.2 Å². The first-order chi connectivity index (χ1) is 15.9. The molecule has 0 bridgehead atoms. The minimum Gasteiger partial charge on any atom is -0.376 e. The van der Waals surface area contributed by atoms with Gasteiger partial charge in [-0.3, -0.25) is 9.36 Å². The van der Waals surface area contributed by atoms with E-state index in [1.165, 1.54) is 16.3 Å². The van der Waals surface area contributed by atoms with Crippen LogP contribution in [0.4, 0.5) is 11.5 Å². The van der Waals surface area contributed by atoms with Crippen molar-refractivity contribution >= 4 is 51.0 Å². The molecule has 0 amide bonds. The fraction of sp³-hybridized carbons (Fsp3) is 0.192. The topological polar surface area (TPSA) is 50.2 Å². The third-order valence-electron chi connectivity index (χ3n) is 6.01. The molecule has 1 aliphatic rings. The smallest absolute Gasteiger partial charge is 0.253 e. The second-order valence-corrected chi connectivity index (χ2v) is 9.36. The Morgan fingerprint density at radius 3 is 2.67 bits per heavy atom. The van der Waals surface area contributed by atoms with Crippen molar-refractivity contribution in [1.29, 1.82) is 0 Å². The van der Waals surface area contributed by atoms with E-state index in [9.17, 15) is 4.79 Å². The summed E-state index contributed by atoms with van der Waals surface area (Å²) in [6, 6.07) is 20.0. The predicted octanol–water partition coefficient (Wildman–Crippen LogP) is 5.44. The molecule has 0 unspecified atom stereocenters. The van der Waals surface area contributed by atoms with Crippen molar-refractivity contribution in [2.24, 2.45) is 0 Å². The van der Waals surface area contributed by atoms with Crippen LogP contribution in [0.15, 0.2) is 71.7 Å². The maximum Gasteiger partial charge on any atom is 0.253 e. The molecule has 7 heteroatoms. The molecule has 4 aromatic rings. The first kappa shape index (κ1) is 21.6. The van der Waals surface area contributed by atoms with Crippen LogP contribution in [0, 0.1) is 0 Å². The Balaban J connectivity index is 1.60. The van der Waals surface area contributed by atoms with Gasteiger partial charge in [-0.25, -0.2) is 4.98 Å². The highest BCUT2D eigenvalue weighted by molar-refractivity contribution is 7.80. The van der Waals surface area contributed by atoms with E-state index in [1.54, 1.807) is 29.0 Å². The molecule has 166 valence electrons. The number of benzene rings is 2. The Bertz CT molecular complexity index is 1420. The number of anilines is 2. The average molecular weight is 475 g/mol. The van der Waals surface area contributed by atoms with Crippen LogP contribution in [0.1, 0.15) is 29.4 Å². The lowest BCUT2D eigenvalue weighted by Crippen LogP contribution is -2.30. The fourth-order valence-corrected chi connectivity index (χ4v) is 5.10. The van der Waals surface area contributed by atoms with E-state index in [0.717, 1.165) is 21.8 Å². The standard InChI is InChI=1S/C26H23ClN4OS/c1-30(2)25-18(12-17-8-5-7-16-6-3-4-9-20(16)17)13-24(32)31-23(14-21(33)26(25)31)29-22-11-10-19(27)15-28-22/h3-11,13,15,23H,12,14H2,1-2H3,(H,28,29)/t23-/m1/s1. The van der Waals surface area contributed by atoms with Crippen LogP contribution in [0.3, 0.4) is 0 Å². The van der Waals surface area contributed by atoms with E-state index < -0.39 is 0 Å². The summed E-state index contributed by atoms with van der Waals surface area (Å²) in [5, 5.41) is 6.29. The van der Waals surface area contributed by atoms with E-state index in [-0.39, 0.29) is 11.7 Å². The first-order valence-electron chi connectivity index (χ1n) is 10.8. The van der Waals surface area contributed by atoms with E-state index in [0.29, 0.717) is 23.7 Å². The number of fused-ring (bicyclic) bond motifs is 2. The maximum atomic E-state index is 13.4. The van der Waals surface area contributed by atoms with Crippen LogP contribution in [0.25, 0.3) is 10.8 Å². The lowest BCUT2D eigenvalue weighted by atomic mass is 9.97. The summed E-state index contributed by atoms with van der Waals surface area (Å²) >= 11 is 11.7. The van der Waals surface area contributed by atoms with Crippen LogP contribution in [0.5, 0.6) is 0 Å². The zero-order valence-corrected chi connectivity index (χ0v) is 20.0. The first-order valence-corrected chi connectivity index (χ1v) is 11.5. The van der Waals surface area contributed by atoms with Gasteiger partial charge in [0.15, 0.2) is 0 Å². The van der Waals surface area contributed by atoms with E-state index in [4.69, 9.17) is 23.8 Å². The second kappa shape index (κ2) is 8.61. The summed E-state index contributed by atoms with van der Waals surface area (Å²) in [6.45, 7) is 0. The SMILES string of the molecule is CN(C)c1c(Cc2cccc3ccccc23)cc(=O)n2c1C(=S)C[C@@H]2Nc1ccc(Cl)cn1. The predicted molar refractivity (Wildman–Crippen MR) is 140 cm³/mol. The molecule has 1 N–H and O–H groups in total. The van der Waals surface area contributed by atoms with E-state index in [2.05, 4.69) is 45.5 Å². The Hall–Kier alpha value is -3.22.